The van der Waals surface area contributed by atoms with Crippen LogP contribution in [-0.4, -0.2) is 34.0 Å². The van der Waals surface area contributed by atoms with Crippen LogP contribution in [0.5, 0.6) is 0 Å². The smallest absolute Gasteiger partial charge is 0.273 e. The van der Waals surface area contributed by atoms with Crippen LogP contribution in [-0.2, 0) is 6.42 Å². The van der Waals surface area contributed by atoms with Gasteiger partial charge >= 0.3 is 0 Å². The Hall–Kier alpha value is -1.92. The highest BCUT2D eigenvalue weighted by atomic mass is 35.5. The van der Waals surface area contributed by atoms with Gasteiger partial charge in [0.1, 0.15) is 0 Å². The minimum Gasteiger partial charge on any atom is -0.351 e. The maximum absolute atomic E-state index is 12.1. The summed E-state index contributed by atoms with van der Waals surface area (Å²) in [5, 5.41) is 11.5. The van der Waals surface area contributed by atoms with E-state index in [1.807, 2.05) is 19.1 Å². The molecule has 0 saturated heterocycles. The summed E-state index contributed by atoms with van der Waals surface area (Å²) in [6.45, 7) is 3.02. The second-order valence-corrected chi connectivity index (χ2v) is 4.96. The van der Waals surface area contributed by atoms with E-state index in [-0.39, 0.29) is 5.91 Å². The Morgan fingerprint density at radius 3 is 2.95 bits per heavy atom. The first-order valence-corrected chi connectivity index (χ1v) is 7.24. The second kappa shape index (κ2) is 7.19. The Bertz CT molecular complexity index is 626. The van der Waals surface area contributed by atoms with E-state index in [9.17, 15) is 4.79 Å². The van der Waals surface area contributed by atoms with Gasteiger partial charge in [-0.1, -0.05) is 29.8 Å². The Morgan fingerprint density at radius 1 is 1.48 bits per heavy atom. The van der Waals surface area contributed by atoms with Gasteiger partial charge in [0, 0.05) is 11.6 Å². The number of carbonyl (C=O) groups excluding carboxylic acids is 1. The van der Waals surface area contributed by atoms with Gasteiger partial charge < -0.3 is 11.1 Å². The quantitative estimate of drug-likeness (QED) is 0.793. The van der Waals surface area contributed by atoms with Crippen molar-refractivity contribution in [2.75, 3.05) is 13.1 Å². The molecule has 1 heterocycles. The molecule has 0 spiro atoms. The molecule has 1 aromatic heterocycles. The number of nitrogens with one attached hydrogen (secondary N) is 1. The van der Waals surface area contributed by atoms with E-state index in [4.69, 9.17) is 17.3 Å². The van der Waals surface area contributed by atoms with E-state index in [1.54, 1.807) is 16.8 Å². The predicted molar refractivity (Wildman–Crippen MR) is 81.8 cm³/mol. The molecule has 0 fully saturated rings. The van der Waals surface area contributed by atoms with E-state index in [0.717, 1.165) is 17.8 Å². The van der Waals surface area contributed by atoms with Crippen LogP contribution in [0, 0.1) is 0 Å². The predicted octanol–water partition coefficient (Wildman–Crippen LogP) is 1.56. The molecule has 0 atom stereocenters. The van der Waals surface area contributed by atoms with E-state index in [2.05, 4.69) is 15.6 Å². The number of nitrogens with two attached hydrogens (primary N) is 1. The summed E-state index contributed by atoms with van der Waals surface area (Å²) in [6.07, 6.45) is 1.37. The van der Waals surface area contributed by atoms with Crippen LogP contribution >= 0.6 is 11.6 Å². The molecule has 0 aliphatic rings. The molecule has 0 radical (unpaired) electrons. The number of rotatable bonds is 6. The Morgan fingerprint density at radius 2 is 2.29 bits per heavy atom. The lowest BCUT2D eigenvalue weighted by atomic mass is 10.2. The molecule has 0 bridgehead atoms. The van der Waals surface area contributed by atoms with Gasteiger partial charge in [-0.2, -0.15) is 0 Å². The number of carbonyl (C=O) groups is 1. The van der Waals surface area contributed by atoms with Crippen LogP contribution in [0.3, 0.4) is 0 Å². The SMILES string of the molecule is CCc1c(C(=O)NCCCN)nnn1-c1cccc(Cl)c1. The molecule has 0 aliphatic heterocycles. The maximum Gasteiger partial charge on any atom is 0.273 e. The van der Waals surface area contributed by atoms with Gasteiger partial charge in [-0.25, -0.2) is 4.68 Å². The first kappa shape index (κ1) is 15.5. The van der Waals surface area contributed by atoms with Crippen LogP contribution in [0.4, 0.5) is 0 Å². The summed E-state index contributed by atoms with van der Waals surface area (Å²) >= 11 is 5.99. The summed E-state index contributed by atoms with van der Waals surface area (Å²) in [4.78, 5) is 12.1. The topological polar surface area (TPSA) is 85.8 Å². The van der Waals surface area contributed by atoms with Crippen LogP contribution < -0.4 is 11.1 Å². The monoisotopic (exact) mass is 307 g/mol. The lowest BCUT2D eigenvalue weighted by Crippen LogP contribution is -2.27. The van der Waals surface area contributed by atoms with Crippen molar-refractivity contribution in [2.24, 2.45) is 5.73 Å². The van der Waals surface area contributed by atoms with Crippen LogP contribution in [0.25, 0.3) is 5.69 Å². The molecular formula is C14H18ClN5O. The van der Waals surface area contributed by atoms with Crippen molar-refractivity contribution in [1.29, 1.82) is 0 Å². The number of nitrogens with zero attached hydrogens (tertiary/aromatic N) is 3. The zero-order chi connectivity index (χ0) is 15.2. The third-order valence-electron chi connectivity index (χ3n) is 3.03. The van der Waals surface area contributed by atoms with Gasteiger partial charge in [0.25, 0.3) is 5.91 Å². The van der Waals surface area contributed by atoms with Crippen molar-refractivity contribution >= 4 is 17.5 Å². The fourth-order valence-corrected chi connectivity index (χ4v) is 2.18. The van der Waals surface area contributed by atoms with E-state index in [1.165, 1.54) is 0 Å². The van der Waals surface area contributed by atoms with Crippen LogP contribution in [0.1, 0.15) is 29.5 Å². The van der Waals surface area contributed by atoms with Crippen molar-refractivity contribution in [3.05, 3.63) is 40.7 Å². The lowest BCUT2D eigenvalue weighted by Gasteiger charge is -2.07. The first-order valence-electron chi connectivity index (χ1n) is 6.86. The molecule has 21 heavy (non-hydrogen) atoms. The summed E-state index contributed by atoms with van der Waals surface area (Å²) in [7, 11) is 0. The molecule has 1 aromatic carbocycles. The van der Waals surface area contributed by atoms with Gasteiger partial charge in [-0.3, -0.25) is 4.79 Å². The molecule has 0 saturated carbocycles. The lowest BCUT2D eigenvalue weighted by molar-refractivity contribution is 0.0947. The van der Waals surface area contributed by atoms with Gasteiger partial charge in [0.05, 0.1) is 11.4 Å². The molecule has 2 aromatic rings. The highest BCUT2D eigenvalue weighted by molar-refractivity contribution is 6.30. The van der Waals surface area contributed by atoms with Crippen molar-refractivity contribution in [3.8, 4) is 5.69 Å². The summed E-state index contributed by atoms with van der Waals surface area (Å²) in [6, 6.07) is 7.27. The molecule has 2 rings (SSSR count). The van der Waals surface area contributed by atoms with Crippen molar-refractivity contribution in [3.63, 3.8) is 0 Å². The van der Waals surface area contributed by atoms with Crippen molar-refractivity contribution in [1.82, 2.24) is 20.3 Å². The molecular weight excluding hydrogens is 290 g/mol. The molecule has 0 aliphatic carbocycles. The average molecular weight is 308 g/mol. The number of hydrogen-bond acceptors (Lipinski definition) is 4. The Kier molecular flexibility index (Phi) is 5.30. The largest absolute Gasteiger partial charge is 0.351 e. The van der Waals surface area contributed by atoms with Crippen molar-refractivity contribution in [2.45, 2.75) is 19.8 Å². The first-order chi connectivity index (χ1) is 10.2. The molecule has 112 valence electrons. The number of halogens is 1. The number of amides is 1. The van der Waals surface area contributed by atoms with Crippen LogP contribution in [0.15, 0.2) is 24.3 Å². The maximum atomic E-state index is 12.1. The zero-order valence-corrected chi connectivity index (χ0v) is 12.6. The molecule has 6 nitrogen and oxygen atoms in total. The summed E-state index contributed by atoms with van der Waals surface area (Å²) < 4.78 is 1.64. The highest BCUT2D eigenvalue weighted by Crippen LogP contribution is 2.17. The number of aromatic nitrogens is 3. The minimum atomic E-state index is -0.228. The molecule has 3 N–H and O–H groups in total. The molecule has 7 heteroatoms. The van der Waals surface area contributed by atoms with Gasteiger partial charge in [0.2, 0.25) is 0 Å². The highest BCUT2D eigenvalue weighted by Gasteiger charge is 2.18. The number of hydrogen-bond donors (Lipinski definition) is 2. The normalized spacial score (nSPS) is 10.6. The second-order valence-electron chi connectivity index (χ2n) is 4.53. The van der Waals surface area contributed by atoms with Crippen molar-refractivity contribution < 1.29 is 4.79 Å². The van der Waals surface area contributed by atoms with Gasteiger partial charge in [0.15, 0.2) is 5.69 Å². The Balaban J connectivity index is 2.28. The standard InChI is InChI=1S/C14H18ClN5O/c1-2-12-13(14(21)17-8-4-7-16)18-19-20(12)11-6-3-5-10(15)9-11/h3,5-6,9H,2,4,7-8,16H2,1H3,(H,17,21). The minimum absolute atomic E-state index is 0.228. The van der Waals surface area contributed by atoms with E-state index in [0.29, 0.717) is 30.2 Å². The van der Waals surface area contributed by atoms with Gasteiger partial charge in [-0.05, 0) is 37.6 Å². The number of benzene rings is 1. The Labute approximate surface area is 128 Å². The van der Waals surface area contributed by atoms with E-state index >= 15 is 0 Å². The fourth-order valence-electron chi connectivity index (χ4n) is 2.00. The summed E-state index contributed by atoms with van der Waals surface area (Å²) in [5.74, 6) is -0.228. The molecule has 1 amide bonds. The van der Waals surface area contributed by atoms with E-state index < -0.39 is 0 Å². The van der Waals surface area contributed by atoms with Crippen LogP contribution in [0.2, 0.25) is 5.02 Å². The third kappa shape index (κ3) is 3.59. The zero-order valence-electron chi connectivity index (χ0n) is 11.8. The summed E-state index contributed by atoms with van der Waals surface area (Å²) in [5.41, 5.74) is 7.29. The molecule has 0 unspecified atom stereocenters. The average Bonchev–Trinajstić information content (AvgIpc) is 2.91. The fraction of sp³-hybridized carbons (Fsp3) is 0.357. The third-order valence-corrected chi connectivity index (χ3v) is 3.27. The van der Waals surface area contributed by atoms with Gasteiger partial charge in [-0.15, -0.1) is 5.10 Å².